The van der Waals surface area contributed by atoms with E-state index in [1.54, 1.807) is 0 Å². The van der Waals surface area contributed by atoms with Crippen molar-refractivity contribution in [3.05, 3.63) is 0 Å². The minimum Gasteiger partial charge on any atom is -0.387 e. The maximum absolute atomic E-state index is 13.9. The maximum atomic E-state index is 13.9. The van der Waals surface area contributed by atoms with Crippen molar-refractivity contribution in [3.8, 4) is 0 Å². The van der Waals surface area contributed by atoms with Crippen LogP contribution in [0.25, 0.3) is 0 Å². The zero-order valence-electron chi connectivity index (χ0n) is 21.3. The van der Waals surface area contributed by atoms with Crippen LogP contribution in [0, 0.1) is 40.9 Å². The highest BCUT2D eigenvalue weighted by atomic mass is 16.2. The van der Waals surface area contributed by atoms with Gasteiger partial charge in [-0.05, 0) is 100 Å². The summed E-state index contributed by atoms with van der Waals surface area (Å²) >= 11 is 0. The first-order chi connectivity index (χ1) is 16.5. The number of fused-ring (bicyclic) bond motifs is 2. The van der Waals surface area contributed by atoms with Gasteiger partial charge in [0.25, 0.3) is 0 Å². The highest BCUT2D eigenvalue weighted by Crippen LogP contribution is 2.46. The van der Waals surface area contributed by atoms with Crippen molar-refractivity contribution in [3.63, 3.8) is 0 Å². The minimum atomic E-state index is 0.0517. The Morgan fingerprint density at radius 3 is 2.29 bits per heavy atom. The highest BCUT2D eigenvalue weighted by molar-refractivity contribution is 5.83. The van der Waals surface area contributed by atoms with Crippen molar-refractivity contribution < 1.29 is 4.79 Å². The second kappa shape index (κ2) is 10.9. The third-order valence-electron chi connectivity index (χ3n) is 10.7. The van der Waals surface area contributed by atoms with Crippen LogP contribution in [0.2, 0.25) is 0 Å². The molecule has 3 aliphatic carbocycles. The molecule has 0 aromatic carbocycles. The summed E-state index contributed by atoms with van der Waals surface area (Å²) in [5.74, 6) is 4.89. The summed E-state index contributed by atoms with van der Waals surface area (Å²) in [6.07, 6.45) is 17.4. The van der Waals surface area contributed by atoms with Gasteiger partial charge in [-0.25, -0.2) is 0 Å². The molecular formula is C28H49N5O. The average Bonchev–Trinajstić information content (AvgIpc) is 3.21. The highest BCUT2D eigenvalue weighted by Gasteiger charge is 2.49. The number of nitrogens with one attached hydrogen (secondary N) is 1. The summed E-state index contributed by atoms with van der Waals surface area (Å²) in [5.41, 5.74) is 11.8. The van der Waals surface area contributed by atoms with Crippen LogP contribution in [0.5, 0.6) is 0 Å². The van der Waals surface area contributed by atoms with Crippen LogP contribution in [0.4, 0.5) is 0 Å². The molecule has 5 rings (SSSR count). The molecule has 5 aliphatic rings. The standard InChI is InChI=1S/C28H49N5O/c29-12-9-19-10-13-32(14-11-19)28(34)26-16-23-7-8-24(27(30)31)17-25(23)33(26)18-20-5-6-21-3-1-2-4-22(21)15-20/h19-26H,1-18,29H2,(H3,30,31). The number of nitrogens with zero attached hydrogens (tertiary/aromatic N) is 2. The molecule has 0 radical (unpaired) electrons. The van der Waals surface area contributed by atoms with Gasteiger partial charge in [0, 0.05) is 31.6 Å². The van der Waals surface area contributed by atoms with Crippen LogP contribution >= 0.6 is 0 Å². The summed E-state index contributed by atoms with van der Waals surface area (Å²) in [6, 6.07) is 0.492. The van der Waals surface area contributed by atoms with Crippen LogP contribution in [0.1, 0.15) is 89.9 Å². The largest absolute Gasteiger partial charge is 0.387 e. The first-order valence-electron chi connectivity index (χ1n) is 14.6. The number of carbonyl (C=O) groups is 1. The molecule has 2 heterocycles. The van der Waals surface area contributed by atoms with Gasteiger partial charge in [-0.1, -0.05) is 25.7 Å². The summed E-state index contributed by atoms with van der Waals surface area (Å²) in [5, 5.41) is 8.08. The van der Waals surface area contributed by atoms with Crippen LogP contribution in [-0.4, -0.2) is 59.8 Å². The van der Waals surface area contributed by atoms with Gasteiger partial charge in [0.05, 0.1) is 11.9 Å². The molecule has 0 bridgehead atoms. The predicted molar refractivity (Wildman–Crippen MR) is 137 cm³/mol. The molecule has 34 heavy (non-hydrogen) atoms. The van der Waals surface area contributed by atoms with Crippen LogP contribution in [0.3, 0.4) is 0 Å². The van der Waals surface area contributed by atoms with E-state index in [0.29, 0.717) is 29.6 Å². The van der Waals surface area contributed by atoms with E-state index in [-0.39, 0.29) is 12.0 Å². The van der Waals surface area contributed by atoms with Crippen molar-refractivity contribution in [2.45, 2.75) is 102 Å². The maximum Gasteiger partial charge on any atom is 0.239 e. The van der Waals surface area contributed by atoms with Crippen molar-refractivity contribution >= 4 is 11.7 Å². The number of amides is 1. The zero-order chi connectivity index (χ0) is 23.7. The lowest BCUT2D eigenvalue weighted by atomic mass is 9.67. The molecule has 7 unspecified atom stereocenters. The second-order valence-electron chi connectivity index (χ2n) is 12.6. The molecule has 2 aliphatic heterocycles. The van der Waals surface area contributed by atoms with Gasteiger partial charge in [0.15, 0.2) is 0 Å². The summed E-state index contributed by atoms with van der Waals surface area (Å²) < 4.78 is 0. The van der Waals surface area contributed by atoms with E-state index in [1.807, 2.05) is 0 Å². The lowest BCUT2D eigenvalue weighted by molar-refractivity contribution is -0.138. The first-order valence-corrected chi connectivity index (χ1v) is 14.6. The predicted octanol–water partition coefficient (Wildman–Crippen LogP) is 3.98. The molecule has 7 atom stereocenters. The van der Waals surface area contributed by atoms with Crippen molar-refractivity contribution in [2.75, 3.05) is 26.2 Å². The number of piperidine rings is 1. The third-order valence-corrected chi connectivity index (χ3v) is 10.7. The fourth-order valence-electron chi connectivity index (χ4n) is 8.65. The van der Waals surface area contributed by atoms with Crippen molar-refractivity contribution in [1.82, 2.24) is 9.80 Å². The van der Waals surface area contributed by atoms with Gasteiger partial charge < -0.3 is 16.4 Å². The van der Waals surface area contributed by atoms with Crippen LogP contribution in [-0.2, 0) is 4.79 Å². The SMILES string of the molecule is N=C(N)C1CCC2CC(C(=O)N3CCC(CCN)CC3)N(CC3CCC4CCCCC4C3)C2C1. The van der Waals surface area contributed by atoms with Crippen LogP contribution < -0.4 is 11.5 Å². The van der Waals surface area contributed by atoms with Gasteiger partial charge in [0.1, 0.15) is 0 Å². The summed E-state index contributed by atoms with van der Waals surface area (Å²) in [6.45, 7) is 3.67. The molecule has 1 amide bonds. The normalized spacial score (nSPS) is 39.4. The number of likely N-dealkylation sites (tertiary alicyclic amines) is 2. The zero-order valence-corrected chi connectivity index (χ0v) is 21.3. The Hall–Kier alpha value is -1.14. The second-order valence-corrected chi connectivity index (χ2v) is 12.6. The lowest BCUT2D eigenvalue weighted by Crippen LogP contribution is -2.52. The average molecular weight is 472 g/mol. The van der Waals surface area contributed by atoms with Gasteiger partial charge in [-0.15, -0.1) is 0 Å². The number of nitrogens with two attached hydrogens (primary N) is 2. The molecule has 0 spiro atoms. The minimum absolute atomic E-state index is 0.0517. The summed E-state index contributed by atoms with van der Waals surface area (Å²) in [7, 11) is 0. The molecule has 3 saturated carbocycles. The topological polar surface area (TPSA) is 99.4 Å². The number of carbonyl (C=O) groups excluding carboxylic acids is 1. The molecule has 2 saturated heterocycles. The first kappa shape index (κ1) is 24.5. The Bertz CT molecular complexity index is 720. The van der Waals surface area contributed by atoms with Crippen molar-refractivity contribution in [1.29, 1.82) is 5.41 Å². The Labute approximate surface area is 207 Å². The molecule has 5 fully saturated rings. The van der Waals surface area contributed by atoms with Crippen LogP contribution in [0.15, 0.2) is 0 Å². The Kier molecular flexibility index (Phi) is 7.84. The number of hydrogen-bond donors (Lipinski definition) is 3. The fourth-order valence-corrected chi connectivity index (χ4v) is 8.65. The third kappa shape index (κ3) is 5.18. The van der Waals surface area contributed by atoms with E-state index < -0.39 is 0 Å². The number of hydrogen-bond acceptors (Lipinski definition) is 4. The molecule has 5 N–H and O–H groups in total. The molecule has 6 heteroatoms. The quantitative estimate of drug-likeness (QED) is 0.403. The van der Waals surface area contributed by atoms with E-state index in [1.165, 1.54) is 44.9 Å². The summed E-state index contributed by atoms with van der Waals surface area (Å²) in [4.78, 5) is 18.7. The molecule has 6 nitrogen and oxygen atoms in total. The van der Waals surface area contributed by atoms with Gasteiger partial charge in [0.2, 0.25) is 5.91 Å². The Morgan fingerprint density at radius 2 is 1.56 bits per heavy atom. The molecule has 0 aromatic heterocycles. The number of rotatable bonds is 6. The monoisotopic (exact) mass is 471 g/mol. The van der Waals surface area contributed by atoms with E-state index >= 15 is 0 Å². The van der Waals surface area contributed by atoms with Gasteiger partial charge in [-0.2, -0.15) is 0 Å². The van der Waals surface area contributed by atoms with E-state index in [4.69, 9.17) is 16.9 Å². The smallest absolute Gasteiger partial charge is 0.239 e. The van der Waals surface area contributed by atoms with E-state index in [0.717, 1.165) is 88.9 Å². The van der Waals surface area contributed by atoms with Gasteiger partial charge in [-0.3, -0.25) is 15.1 Å². The Balaban J connectivity index is 1.28. The van der Waals surface area contributed by atoms with E-state index in [2.05, 4.69) is 9.80 Å². The fraction of sp³-hybridized carbons (Fsp3) is 0.929. The lowest BCUT2D eigenvalue weighted by Gasteiger charge is -2.44. The van der Waals surface area contributed by atoms with Gasteiger partial charge >= 0.3 is 0 Å². The molecule has 0 aromatic rings. The number of amidine groups is 1. The molecular weight excluding hydrogens is 422 g/mol. The molecule has 192 valence electrons. The van der Waals surface area contributed by atoms with E-state index in [9.17, 15) is 4.79 Å². The van der Waals surface area contributed by atoms with Crippen molar-refractivity contribution in [2.24, 2.45) is 47.0 Å². The Morgan fingerprint density at radius 1 is 0.824 bits per heavy atom.